The van der Waals surface area contributed by atoms with Crippen LogP contribution < -0.4 is 11.3 Å². The molecule has 0 atom stereocenters. The lowest BCUT2D eigenvalue weighted by molar-refractivity contribution is -0.387. The van der Waals surface area contributed by atoms with Gasteiger partial charge < -0.3 is 10.7 Å². The Morgan fingerprint density at radius 1 is 1.50 bits per heavy atom. The first-order chi connectivity index (χ1) is 8.40. The van der Waals surface area contributed by atoms with Crippen LogP contribution in [0.3, 0.4) is 0 Å². The fourth-order valence-electron chi connectivity index (χ4n) is 1.40. The predicted molar refractivity (Wildman–Crippen MR) is 57.5 cm³/mol. The first-order valence-electron chi connectivity index (χ1n) is 4.58. The Kier molecular flexibility index (Phi) is 2.51. The van der Waals surface area contributed by atoms with Crippen molar-refractivity contribution in [1.82, 2.24) is 9.97 Å². The van der Waals surface area contributed by atoms with E-state index < -0.39 is 33.6 Å². The third kappa shape index (κ3) is 1.77. The van der Waals surface area contributed by atoms with E-state index >= 15 is 0 Å². The average Bonchev–Trinajstić information content (AvgIpc) is 2.27. The number of amides is 1. The van der Waals surface area contributed by atoms with Crippen LogP contribution in [0.1, 0.15) is 10.5 Å². The summed E-state index contributed by atoms with van der Waals surface area (Å²) < 4.78 is 13.3. The van der Waals surface area contributed by atoms with Gasteiger partial charge in [0.05, 0.1) is 16.0 Å². The minimum Gasteiger partial charge on any atom is -0.364 e. The number of nitrogens with two attached hydrogens (primary N) is 1. The number of hydrogen-bond acceptors (Lipinski definition) is 5. The van der Waals surface area contributed by atoms with E-state index in [1.165, 1.54) is 0 Å². The van der Waals surface area contributed by atoms with Gasteiger partial charge in [-0.25, -0.2) is 4.98 Å². The molecule has 2 aromatic rings. The van der Waals surface area contributed by atoms with Crippen molar-refractivity contribution in [2.24, 2.45) is 5.73 Å². The molecule has 0 aliphatic carbocycles. The number of halogens is 1. The van der Waals surface area contributed by atoms with Crippen LogP contribution in [0.25, 0.3) is 11.0 Å². The summed E-state index contributed by atoms with van der Waals surface area (Å²) >= 11 is 0. The molecule has 3 N–H and O–H groups in total. The number of carbonyl (C=O) groups excluding carboxylic acids is 1. The van der Waals surface area contributed by atoms with Crippen molar-refractivity contribution in [1.29, 1.82) is 0 Å². The van der Waals surface area contributed by atoms with Crippen molar-refractivity contribution in [3.8, 4) is 0 Å². The van der Waals surface area contributed by atoms with Crippen molar-refractivity contribution in [2.75, 3.05) is 0 Å². The fraction of sp³-hybridized carbons (Fsp3) is 0. The lowest BCUT2D eigenvalue weighted by Gasteiger charge is -2.00. The van der Waals surface area contributed by atoms with Gasteiger partial charge >= 0.3 is 5.69 Å². The van der Waals surface area contributed by atoms with Crippen molar-refractivity contribution >= 4 is 22.6 Å². The van der Waals surface area contributed by atoms with Gasteiger partial charge in [-0.05, 0) is 0 Å². The predicted octanol–water partition coefficient (Wildman–Crippen LogP) is 0.0693. The van der Waals surface area contributed by atoms with E-state index in [9.17, 15) is 24.1 Å². The molecule has 0 saturated carbocycles. The Morgan fingerprint density at radius 3 is 2.72 bits per heavy atom. The number of carbonyl (C=O) groups is 1. The highest BCUT2D eigenvalue weighted by Gasteiger charge is 2.18. The molecule has 1 aromatic heterocycles. The van der Waals surface area contributed by atoms with Gasteiger partial charge in [-0.3, -0.25) is 19.7 Å². The van der Waals surface area contributed by atoms with Crippen LogP contribution in [0, 0.1) is 15.9 Å². The third-order valence-corrected chi connectivity index (χ3v) is 2.19. The van der Waals surface area contributed by atoms with Crippen molar-refractivity contribution in [3.63, 3.8) is 0 Å². The molecule has 0 spiro atoms. The monoisotopic (exact) mass is 252 g/mol. The molecule has 92 valence electrons. The second-order valence-corrected chi connectivity index (χ2v) is 3.36. The number of primary amides is 1. The highest BCUT2D eigenvalue weighted by molar-refractivity contribution is 5.92. The van der Waals surface area contributed by atoms with Gasteiger partial charge in [0.1, 0.15) is 0 Å². The number of aromatic nitrogens is 2. The molecule has 0 saturated heterocycles. The summed E-state index contributed by atoms with van der Waals surface area (Å²) in [6.07, 6.45) is 0. The fourth-order valence-corrected chi connectivity index (χ4v) is 1.40. The molecule has 0 radical (unpaired) electrons. The zero-order valence-corrected chi connectivity index (χ0v) is 8.64. The summed E-state index contributed by atoms with van der Waals surface area (Å²) in [4.78, 5) is 37.5. The quantitative estimate of drug-likeness (QED) is 0.576. The Balaban J connectivity index is 2.82. The van der Waals surface area contributed by atoms with Gasteiger partial charge in [0.25, 0.3) is 11.5 Å². The van der Waals surface area contributed by atoms with Crippen LogP contribution in [0.2, 0.25) is 0 Å². The summed E-state index contributed by atoms with van der Waals surface area (Å²) in [6.45, 7) is 0. The summed E-state index contributed by atoms with van der Waals surface area (Å²) in [5, 5.41) is 10.5. The number of nitrogens with one attached hydrogen (secondary N) is 1. The Morgan fingerprint density at radius 2 is 2.17 bits per heavy atom. The van der Waals surface area contributed by atoms with E-state index in [1.807, 2.05) is 0 Å². The van der Waals surface area contributed by atoms with E-state index in [0.29, 0.717) is 0 Å². The first-order valence-corrected chi connectivity index (χ1v) is 4.58. The molecule has 0 fully saturated rings. The SMILES string of the molecule is NC(=O)c1nc2cc(F)c([N+](=O)[O-])cc2[nH]c1=O. The van der Waals surface area contributed by atoms with Crippen LogP contribution >= 0.6 is 0 Å². The molecule has 9 heteroatoms. The molecule has 0 aliphatic heterocycles. The van der Waals surface area contributed by atoms with Gasteiger partial charge in [-0.2, -0.15) is 4.39 Å². The topological polar surface area (TPSA) is 132 Å². The number of nitrogens with zero attached hydrogens (tertiary/aromatic N) is 2. The standard InChI is InChI=1S/C9H5FN4O4/c10-3-1-4-5(2-6(3)14(17)18)13-9(16)7(12-4)8(11)15/h1-2H,(H2,11,15)(H,13,16). The maximum atomic E-state index is 13.3. The molecule has 1 aromatic carbocycles. The highest BCUT2D eigenvalue weighted by atomic mass is 19.1. The van der Waals surface area contributed by atoms with Crippen molar-refractivity contribution < 1.29 is 14.1 Å². The minimum absolute atomic E-state index is 0.0573. The number of aromatic amines is 1. The van der Waals surface area contributed by atoms with Crippen LogP contribution in [0.4, 0.5) is 10.1 Å². The molecule has 1 heterocycles. The molecule has 1 amide bonds. The van der Waals surface area contributed by atoms with Crippen LogP contribution in [-0.2, 0) is 0 Å². The van der Waals surface area contributed by atoms with Crippen molar-refractivity contribution in [3.05, 3.63) is 44.1 Å². The Bertz CT molecular complexity index is 739. The van der Waals surface area contributed by atoms with E-state index in [0.717, 1.165) is 12.1 Å². The second-order valence-electron chi connectivity index (χ2n) is 3.36. The lowest BCUT2D eigenvalue weighted by atomic mass is 10.2. The maximum Gasteiger partial charge on any atom is 0.307 e. The van der Waals surface area contributed by atoms with Gasteiger partial charge in [0.2, 0.25) is 5.82 Å². The van der Waals surface area contributed by atoms with E-state index in [-0.39, 0.29) is 11.0 Å². The number of rotatable bonds is 2. The highest BCUT2D eigenvalue weighted by Crippen LogP contribution is 2.21. The van der Waals surface area contributed by atoms with E-state index in [4.69, 9.17) is 5.73 Å². The molecule has 0 aliphatic rings. The summed E-state index contributed by atoms with van der Waals surface area (Å²) in [6, 6.07) is 1.57. The molecule has 0 bridgehead atoms. The molecule has 0 unspecified atom stereocenters. The molecular formula is C9H5FN4O4. The van der Waals surface area contributed by atoms with Crippen LogP contribution in [-0.4, -0.2) is 20.8 Å². The maximum absolute atomic E-state index is 13.3. The van der Waals surface area contributed by atoms with Gasteiger partial charge in [-0.1, -0.05) is 0 Å². The third-order valence-electron chi connectivity index (χ3n) is 2.19. The number of fused-ring (bicyclic) bond motifs is 1. The van der Waals surface area contributed by atoms with Crippen LogP contribution in [0.15, 0.2) is 16.9 Å². The number of H-pyrrole nitrogens is 1. The van der Waals surface area contributed by atoms with Gasteiger partial charge in [0.15, 0.2) is 5.69 Å². The molecule has 2 rings (SSSR count). The van der Waals surface area contributed by atoms with E-state index in [1.54, 1.807) is 0 Å². The van der Waals surface area contributed by atoms with Gasteiger partial charge in [-0.15, -0.1) is 0 Å². The zero-order valence-electron chi connectivity index (χ0n) is 8.64. The first kappa shape index (κ1) is 11.6. The number of hydrogen-bond donors (Lipinski definition) is 2. The zero-order chi connectivity index (χ0) is 13.4. The van der Waals surface area contributed by atoms with Crippen LogP contribution in [0.5, 0.6) is 0 Å². The smallest absolute Gasteiger partial charge is 0.307 e. The largest absolute Gasteiger partial charge is 0.364 e. The molecule has 18 heavy (non-hydrogen) atoms. The summed E-state index contributed by atoms with van der Waals surface area (Å²) in [5.74, 6) is -2.20. The number of benzene rings is 1. The summed E-state index contributed by atoms with van der Waals surface area (Å²) in [5.41, 5.74) is 2.46. The van der Waals surface area contributed by atoms with E-state index in [2.05, 4.69) is 9.97 Å². The second kappa shape index (κ2) is 3.87. The number of nitro groups is 1. The Labute approximate surface area is 97.4 Å². The Hall–Kier alpha value is -2.84. The number of nitro benzene ring substituents is 1. The minimum atomic E-state index is -1.12. The average molecular weight is 252 g/mol. The van der Waals surface area contributed by atoms with Gasteiger partial charge in [0, 0.05) is 12.1 Å². The lowest BCUT2D eigenvalue weighted by Crippen LogP contribution is -2.25. The normalized spacial score (nSPS) is 10.5. The molecular weight excluding hydrogens is 247 g/mol. The summed E-state index contributed by atoms with van der Waals surface area (Å²) in [7, 11) is 0. The van der Waals surface area contributed by atoms with Crippen molar-refractivity contribution in [2.45, 2.75) is 0 Å². The molecule has 8 nitrogen and oxygen atoms in total.